The molecule has 0 spiro atoms. The van der Waals surface area contributed by atoms with Crippen molar-refractivity contribution in [1.82, 2.24) is 4.90 Å². The lowest BCUT2D eigenvalue weighted by Gasteiger charge is -2.24. The van der Waals surface area contributed by atoms with Crippen LogP contribution < -0.4 is 0 Å². The number of hydrogen-bond acceptors (Lipinski definition) is 4. The van der Waals surface area contributed by atoms with Gasteiger partial charge in [-0.05, 0) is 43.1 Å². The Morgan fingerprint density at radius 1 is 1.43 bits per heavy atom. The SMILES string of the molecule is COC(=O)c1ccc(CN(C)C(C)c2cccs2)c(Br)c1. The lowest BCUT2D eigenvalue weighted by Crippen LogP contribution is -2.21. The van der Waals surface area contributed by atoms with E-state index in [0.29, 0.717) is 11.6 Å². The van der Waals surface area contributed by atoms with Crippen molar-refractivity contribution in [1.29, 1.82) is 0 Å². The summed E-state index contributed by atoms with van der Waals surface area (Å²) in [5, 5.41) is 2.10. The van der Waals surface area contributed by atoms with Crippen LogP contribution in [-0.4, -0.2) is 25.0 Å². The molecule has 0 bridgehead atoms. The number of rotatable bonds is 5. The van der Waals surface area contributed by atoms with Gasteiger partial charge in [0, 0.05) is 21.9 Å². The second-order valence-electron chi connectivity index (χ2n) is 4.90. The fraction of sp³-hybridized carbons (Fsp3) is 0.312. The molecule has 2 aromatic rings. The van der Waals surface area contributed by atoms with Crippen molar-refractivity contribution < 1.29 is 9.53 Å². The summed E-state index contributed by atoms with van der Waals surface area (Å²) in [5.74, 6) is -0.317. The van der Waals surface area contributed by atoms with Gasteiger partial charge in [0.05, 0.1) is 12.7 Å². The minimum Gasteiger partial charge on any atom is -0.465 e. The molecule has 0 aliphatic carbocycles. The third kappa shape index (κ3) is 3.93. The molecule has 5 heteroatoms. The van der Waals surface area contributed by atoms with Gasteiger partial charge in [0.15, 0.2) is 0 Å². The zero-order chi connectivity index (χ0) is 15.4. The lowest BCUT2D eigenvalue weighted by atomic mass is 10.1. The molecule has 1 atom stereocenters. The quantitative estimate of drug-likeness (QED) is 0.729. The zero-order valence-electron chi connectivity index (χ0n) is 12.3. The first-order chi connectivity index (χ1) is 10.0. The second kappa shape index (κ2) is 7.20. The Morgan fingerprint density at radius 2 is 2.19 bits per heavy atom. The van der Waals surface area contributed by atoms with E-state index in [1.54, 1.807) is 17.4 Å². The average molecular weight is 368 g/mol. The van der Waals surface area contributed by atoms with Crippen LogP contribution >= 0.6 is 27.3 Å². The maximum absolute atomic E-state index is 11.5. The van der Waals surface area contributed by atoms with Crippen LogP contribution in [0.25, 0.3) is 0 Å². The van der Waals surface area contributed by atoms with Crippen LogP contribution in [0.15, 0.2) is 40.2 Å². The van der Waals surface area contributed by atoms with Crippen LogP contribution in [0.5, 0.6) is 0 Å². The molecule has 1 aromatic carbocycles. The number of benzene rings is 1. The Bertz CT molecular complexity index is 613. The molecule has 1 heterocycles. The van der Waals surface area contributed by atoms with Crippen LogP contribution in [-0.2, 0) is 11.3 Å². The second-order valence-corrected chi connectivity index (χ2v) is 6.74. The van der Waals surface area contributed by atoms with Crippen LogP contribution in [0, 0.1) is 0 Å². The Kier molecular flexibility index (Phi) is 5.56. The molecular formula is C16H18BrNO2S. The molecule has 0 radical (unpaired) electrons. The van der Waals surface area contributed by atoms with Crippen molar-refractivity contribution in [2.24, 2.45) is 0 Å². The summed E-state index contributed by atoms with van der Waals surface area (Å²) >= 11 is 5.31. The first-order valence-corrected chi connectivity index (χ1v) is 8.30. The van der Waals surface area contributed by atoms with Crippen LogP contribution in [0.3, 0.4) is 0 Å². The smallest absolute Gasteiger partial charge is 0.337 e. The van der Waals surface area contributed by atoms with E-state index >= 15 is 0 Å². The minimum atomic E-state index is -0.317. The molecule has 1 aromatic heterocycles. The topological polar surface area (TPSA) is 29.5 Å². The van der Waals surface area contributed by atoms with Gasteiger partial charge in [0.2, 0.25) is 0 Å². The fourth-order valence-corrected chi connectivity index (χ4v) is 3.42. The molecule has 0 amide bonds. The maximum atomic E-state index is 11.5. The van der Waals surface area contributed by atoms with E-state index in [9.17, 15) is 4.79 Å². The number of nitrogens with zero attached hydrogens (tertiary/aromatic N) is 1. The predicted molar refractivity (Wildman–Crippen MR) is 89.7 cm³/mol. The van der Waals surface area contributed by atoms with Crippen molar-refractivity contribution in [2.75, 3.05) is 14.2 Å². The monoisotopic (exact) mass is 367 g/mol. The molecule has 0 aliphatic heterocycles. The average Bonchev–Trinajstić information content (AvgIpc) is 3.01. The molecule has 1 unspecified atom stereocenters. The van der Waals surface area contributed by atoms with Crippen molar-refractivity contribution in [2.45, 2.75) is 19.5 Å². The first-order valence-electron chi connectivity index (χ1n) is 6.63. The van der Waals surface area contributed by atoms with Gasteiger partial charge in [-0.2, -0.15) is 0 Å². The summed E-state index contributed by atoms with van der Waals surface area (Å²) in [6.45, 7) is 3.00. The molecule has 3 nitrogen and oxygen atoms in total. The zero-order valence-corrected chi connectivity index (χ0v) is 14.7. The van der Waals surface area contributed by atoms with E-state index in [0.717, 1.165) is 16.6 Å². The van der Waals surface area contributed by atoms with Gasteiger partial charge < -0.3 is 4.74 Å². The molecule has 0 saturated heterocycles. The number of esters is 1. The molecule has 2 rings (SSSR count). The van der Waals surface area contributed by atoms with Gasteiger partial charge in [-0.25, -0.2) is 4.79 Å². The van der Waals surface area contributed by atoms with E-state index < -0.39 is 0 Å². The number of hydrogen-bond donors (Lipinski definition) is 0. The normalized spacial score (nSPS) is 12.4. The number of carbonyl (C=O) groups is 1. The van der Waals surface area contributed by atoms with E-state index in [4.69, 9.17) is 4.74 Å². The van der Waals surface area contributed by atoms with Crippen LogP contribution in [0.1, 0.15) is 33.8 Å². The maximum Gasteiger partial charge on any atom is 0.337 e. The molecule has 0 N–H and O–H groups in total. The summed E-state index contributed by atoms with van der Waals surface area (Å²) < 4.78 is 5.66. The summed E-state index contributed by atoms with van der Waals surface area (Å²) in [6, 6.07) is 10.2. The van der Waals surface area contributed by atoms with Gasteiger partial charge in [0.25, 0.3) is 0 Å². The number of halogens is 1. The van der Waals surface area contributed by atoms with Crippen molar-refractivity contribution in [3.8, 4) is 0 Å². The summed E-state index contributed by atoms with van der Waals surface area (Å²) in [7, 11) is 3.49. The van der Waals surface area contributed by atoms with E-state index in [1.165, 1.54) is 12.0 Å². The van der Waals surface area contributed by atoms with Gasteiger partial charge in [-0.15, -0.1) is 11.3 Å². The third-order valence-electron chi connectivity index (χ3n) is 3.51. The van der Waals surface area contributed by atoms with Crippen molar-refractivity contribution >= 4 is 33.2 Å². The summed E-state index contributed by atoms with van der Waals surface area (Å²) in [5.41, 5.74) is 1.70. The van der Waals surface area contributed by atoms with Crippen LogP contribution in [0.4, 0.5) is 0 Å². The molecule has 21 heavy (non-hydrogen) atoms. The lowest BCUT2D eigenvalue weighted by molar-refractivity contribution is 0.0600. The first kappa shape index (κ1) is 16.2. The molecule has 0 saturated carbocycles. The highest BCUT2D eigenvalue weighted by atomic mass is 79.9. The molecule has 0 fully saturated rings. The highest BCUT2D eigenvalue weighted by Gasteiger charge is 2.15. The predicted octanol–water partition coefficient (Wildman–Crippen LogP) is 4.49. The minimum absolute atomic E-state index is 0.317. The number of methoxy groups -OCH3 is 1. The van der Waals surface area contributed by atoms with E-state index in [-0.39, 0.29) is 5.97 Å². The van der Waals surface area contributed by atoms with Crippen LogP contribution in [0.2, 0.25) is 0 Å². The number of carbonyl (C=O) groups excluding carboxylic acids is 1. The Hall–Kier alpha value is -1.17. The molecule has 0 aliphatic rings. The van der Waals surface area contributed by atoms with Gasteiger partial charge >= 0.3 is 5.97 Å². The Morgan fingerprint density at radius 3 is 2.76 bits per heavy atom. The molecule has 112 valence electrons. The highest BCUT2D eigenvalue weighted by Crippen LogP contribution is 2.27. The summed E-state index contributed by atoms with van der Waals surface area (Å²) in [4.78, 5) is 15.1. The van der Waals surface area contributed by atoms with E-state index in [1.807, 2.05) is 12.1 Å². The third-order valence-corrected chi connectivity index (χ3v) is 5.29. The Labute approximate surface area is 137 Å². The van der Waals surface area contributed by atoms with Gasteiger partial charge in [0.1, 0.15) is 0 Å². The fourth-order valence-electron chi connectivity index (χ4n) is 2.07. The Balaban J connectivity index is 2.11. The number of ether oxygens (including phenoxy) is 1. The summed E-state index contributed by atoms with van der Waals surface area (Å²) in [6.07, 6.45) is 0. The van der Waals surface area contributed by atoms with E-state index in [2.05, 4.69) is 52.3 Å². The van der Waals surface area contributed by atoms with Crippen molar-refractivity contribution in [3.63, 3.8) is 0 Å². The van der Waals surface area contributed by atoms with Gasteiger partial charge in [-0.1, -0.05) is 28.1 Å². The highest BCUT2D eigenvalue weighted by molar-refractivity contribution is 9.10. The largest absolute Gasteiger partial charge is 0.465 e. The van der Waals surface area contributed by atoms with Gasteiger partial charge in [-0.3, -0.25) is 4.90 Å². The number of thiophene rings is 1. The van der Waals surface area contributed by atoms with Crippen molar-refractivity contribution in [3.05, 3.63) is 56.2 Å². The standard InChI is InChI=1S/C16H18BrNO2S/c1-11(15-5-4-8-21-15)18(2)10-13-7-6-12(9-14(13)17)16(19)20-3/h4-9,11H,10H2,1-3H3. The molecular weight excluding hydrogens is 350 g/mol.